The summed E-state index contributed by atoms with van der Waals surface area (Å²) in [6.45, 7) is 0.843. The Morgan fingerprint density at radius 1 is 1.20 bits per heavy atom. The summed E-state index contributed by atoms with van der Waals surface area (Å²) in [5.74, 6) is 0.799. The number of benzene rings is 1. The molecule has 4 rings (SSSR count). The van der Waals surface area contributed by atoms with Crippen molar-refractivity contribution in [2.45, 2.75) is 62.6 Å². The topological polar surface area (TPSA) is 29.5 Å². The first-order valence-corrected chi connectivity index (χ1v) is 8.17. The molecule has 1 saturated heterocycles. The fourth-order valence-electron chi connectivity index (χ4n) is 4.66. The van der Waals surface area contributed by atoms with Crippen molar-refractivity contribution < 1.29 is 9.84 Å². The molecule has 20 heavy (non-hydrogen) atoms. The summed E-state index contributed by atoms with van der Waals surface area (Å²) in [4.78, 5) is 0. The maximum Gasteiger partial charge on any atom is 0.0686 e. The lowest BCUT2D eigenvalue weighted by Crippen LogP contribution is -2.44. The molecule has 1 heterocycles. The summed E-state index contributed by atoms with van der Waals surface area (Å²) in [5, 5.41) is 10.8. The van der Waals surface area contributed by atoms with Gasteiger partial charge in [-0.2, -0.15) is 0 Å². The molecule has 3 atom stereocenters. The fourth-order valence-corrected chi connectivity index (χ4v) is 4.66. The van der Waals surface area contributed by atoms with Gasteiger partial charge >= 0.3 is 0 Å². The minimum atomic E-state index is -0.175. The van der Waals surface area contributed by atoms with Crippen LogP contribution in [0.15, 0.2) is 24.3 Å². The highest BCUT2D eigenvalue weighted by molar-refractivity contribution is 5.41. The van der Waals surface area contributed by atoms with Crippen LogP contribution in [0.1, 0.15) is 55.6 Å². The number of hydrogen-bond acceptors (Lipinski definition) is 2. The van der Waals surface area contributed by atoms with Crippen molar-refractivity contribution in [3.05, 3.63) is 35.4 Å². The molecule has 0 amide bonds. The highest BCUT2D eigenvalue weighted by Gasteiger charge is 2.44. The highest BCUT2D eigenvalue weighted by atomic mass is 16.5. The number of rotatable bonds is 2. The van der Waals surface area contributed by atoms with Gasteiger partial charge < -0.3 is 9.84 Å². The summed E-state index contributed by atoms with van der Waals surface area (Å²) in [7, 11) is 0. The van der Waals surface area contributed by atoms with Gasteiger partial charge in [0.05, 0.1) is 11.7 Å². The zero-order valence-corrected chi connectivity index (χ0v) is 12.1. The van der Waals surface area contributed by atoms with Crippen LogP contribution >= 0.6 is 0 Å². The minimum absolute atomic E-state index is 0.118. The van der Waals surface area contributed by atoms with Crippen molar-refractivity contribution in [2.24, 2.45) is 5.92 Å². The number of fused-ring (bicyclic) bond motifs is 1. The second-order valence-corrected chi connectivity index (χ2v) is 6.99. The summed E-state index contributed by atoms with van der Waals surface area (Å²) in [6, 6.07) is 8.59. The molecule has 0 bridgehead atoms. The SMILES string of the molecule is OC(C1CCOC2(CCCC2)C1)C1Cc2ccccc21. The number of hydrogen-bond donors (Lipinski definition) is 1. The lowest BCUT2D eigenvalue weighted by molar-refractivity contribution is -0.116. The van der Waals surface area contributed by atoms with E-state index in [1.165, 1.54) is 36.8 Å². The molecule has 1 aliphatic heterocycles. The summed E-state index contributed by atoms with van der Waals surface area (Å²) in [5.41, 5.74) is 2.93. The van der Waals surface area contributed by atoms with Crippen LogP contribution in [0.25, 0.3) is 0 Å². The number of ether oxygens (including phenoxy) is 1. The molecule has 2 aliphatic carbocycles. The van der Waals surface area contributed by atoms with E-state index >= 15 is 0 Å². The first-order chi connectivity index (χ1) is 9.77. The van der Waals surface area contributed by atoms with Gasteiger partial charge in [-0.15, -0.1) is 0 Å². The van der Waals surface area contributed by atoms with Crippen molar-refractivity contribution in [1.29, 1.82) is 0 Å². The molecule has 108 valence electrons. The van der Waals surface area contributed by atoms with E-state index in [9.17, 15) is 5.11 Å². The van der Waals surface area contributed by atoms with Gasteiger partial charge in [0.1, 0.15) is 0 Å². The third kappa shape index (κ3) is 2.01. The van der Waals surface area contributed by atoms with E-state index < -0.39 is 0 Å². The quantitative estimate of drug-likeness (QED) is 0.894. The van der Waals surface area contributed by atoms with Crippen LogP contribution in [0, 0.1) is 5.92 Å². The van der Waals surface area contributed by atoms with Crippen LogP contribution in [0.3, 0.4) is 0 Å². The van der Waals surface area contributed by atoms with Gasteiger partial charge in [-0.3, -0.25) is 0 Å². The van der Waals surface area contributed by atoms with Crippen LogP contribution in [-0.2, 0) is 11.2 Å². The predicted molar refractivity (Wildman–Crippen MR) is 78.8 cm³/mol. The predicted octanol–water partition coefficient (Wildman–Crippen LogP) is 3.43. The van der Waals surface area contributed by atoms with Crippen molar-refractivity contribution in [3.8, 4) is 0 Å². The fraction of sp³-hybridized carbons (Fsp3) is 0.667. The molecule has 1 spiro atoms. The highest BCUT2D eigenvalue weighted by Crippen LogP contribution is 2.47. The Hall–Kier alpha value is -0.860. The van der Waals surface area contributed by atoms with Crippen molar-refractivity contribution in [2.75, 3.05) is 6.61 Å². The van der Waals surface area contributed by atoms with Gasteiger partial charge in [0.15, 0.2) is 0 Å². The van der Waals surface area contributed by atoms with Crippen LogP contribution < -0.4 is 0 Å². The Balaban J connectivity index is 1.48. The molecule has 2 fully saturated rings. The number of aliphatic hydroxyl groups excluding tert-OH is 1. The Morgan fingerprint density at radius 2 is 2.00 bits per heavy atom. The molecule has 1 N–H and O–H groups in total. The lowest BCUT2D eigenvalue weighted by Gasteiger charge is -2.44. The average molecular weight is 272 g/mol. The third-order valence-corrected chi connectivity index (χ3v) is 5.84. The monoisotopic (exact) mass is 272 g/mol. The summed E-state index contributed by atoms with van der Waals surface area (Å²) < 4.78 is 6.10. The standard InChI is InChI=1S/C18H24O2/c19-17(16-11-13-5-1-2-6-15(13)16)14-7-10-20-18(12-14)8-3-4-9-18/h1-2,5-6,14,16-17,19H,3-4,7-12H2. The number of aliphatic hydroxyl groups is 1. The minimum Gasteiger partial charge on any atom is -0.392 e. The van der Waals surface area contributed by atoms with Gasteiger partial charge in [0.25, 0.3) is 0 Å². The molecule has 2 heteroatoms. The largest absolute Gasteiger partial charge is 0.392 e. The second kappa shape index (κ2) is 4.85. The zero-order valence-electron chi connectivity index (χ0n) is 12.1. The Kier molecular flexibility index (Phi) is 3.12. The maximum atomic E-state index is 10.8. The van der Waals surface area contributed by atoms with E-state index in [1.54, 1.807) is 0 Å². The average Bonchev–Trinajstić information content (AvgIpc) is 2.88. The van der Waals surface area contributed by atoms with E-state index in [0.717, 1.165) is 25.9 Å². The maximum absolute atomic E-state index is 10.8. The Morgan fingerprint density at radius 3 is 2.80 bits per heavy atom. The Bertz CT molecular complexity index is 490. The van der Waals surface area contributed by atoms with Crippen molar-refractivity contribution >= 4 is 0 Å². The molecule has 1 aromatic rings. The normalized spacial score (nSPS) is 32.6. The summed E-state index contributed by atoms with van der Waals surface area (Å²) >= 11 is 0. The van der Waals surface area contributed by atoms with E-state index in [2.05, 4.69) is 24.3 Å². The third-order valence-electron chi connectivity index (χ3n) is 5.84. The van der Waals surface area contributed by atoms with Gasteiger partial charge in [0, 0.05) is 12.5 Å². The van der Waals surface area contributed by atoms with Crippen LogP contribution in [0.2, 0.25) is 0 Å². The summed E-state index contributed by atoms with van der Waals surface area (Å²) in [6.07, 6.45) is 8.00. The zero-order chi connectivity index (χ0) is 13.6. The molecular weight excluding hydrogens is 248 g/mol. The van der Waals surface area contributed by atoms with Gasteiger partial charge in [-0.05, 0) is 49.1 Å². The molecule has 3 unspecified atom stereocenters. The molecule has 3 aliphatic rings. The van der Waals surface area contributed by atoms with E-state index in [4.69, 9.17) is 4.74 Å². The smallest absolute Gasteiger partial charge is 0.0686 e. The van der Waals surface area contributed by atoms with E-state index in [0.29, 0.717) is 11.8 Å². The molecule has 2 nitrogen and oxygen atoms in total. The van der Waals surface area contributed by atoms with Gasteiger partial charge in [-0.1, -0.05) is 37.1 Å². The van der Waals surface area contributed by atoms with Gasteiger partial charge in [0.2, 0.25) is 0 Å². The van der Waals surface area contributed by atoms with Crippen LogP contribution in [-0.4, -0.2) is 23.4 Å². The van der Waals surface area contributed by atoms with Crippen molar-refractivity contribution in [3.63, 3.8) is 0 Å². The van der Waals surface area contributed by atoms with E-state index in [1.807, 2.05) is 0 Å². The molecule has 1 saturated carbocycles. The first-order valence-electron chi connectivity index (χ1n) is 8.17. The van der Waals surface area contributed by atoms with E-state index in [-0.39, 0.29) is 11.7 Å². The second-order valence-electron chi connectivity index (χ2n) is 6.99. The van der Waals surface area contributed by atoms with Crippen LogP contribution in [0.4, 0.5) is 0 Å². The van der Waals surface area contributed by atoms with Crippen LogP contribution in [0.5, 0.6) is 0 Å². The molecule has 0 aromatic heterocycles. The van der Waals surface area contributed by atoms with Gasteiger partial charge in [-0.25, -0.2) is 0 Å². The molecule has 0 radical (unpaired) electrons. The Labute approximate surface area is 121 Å². The molecule has 1 aromatic carbocycles. The lowest BCUT2D eigenvalue weighted by atomic mass is 9.68. The first kappa shape index (κ1) is 12.8. The van der Waals surface area contributed by atoms with Crippen molar-refractivity contribution in [1.82, 2.24) is 0 Å². The molecular formula is C18H24O2.